The molecule has 0 aliphatic heterocycles. The Hall–Kier alpha value is -1.48. The molecule has 1 aromatic carbocycles. The van der Waals surface area contributed by atoms with Crippen molar-refractivity contribution in [1.82, 2.24) is 4.98 Å². The van der Waals surface area contributed by atoms with E-state index >= 15 is 0 Å². The first-order chi connectivity index (χ1) is 8.60. The predicted octanol–water partition coefficient (Wildman–Crippen LogP) is 3.75. The number of carbonyl (C=O) groups is 1. The second-order valence-corrected chi connectivity index (χ2v) is 5.69. The summed E-state index contributed by atoms with van der Waals surface area (Å²) in [5.74, 6) is 0.145. The quantitative estimate of drug-likeness (QED) is 0.783. The van der Waals surface area contributed by atoms with Crippen LogP contribution in [-0.4, -0.2) is 10.8 Å². The fourth-order valence-corrected chi connectivity index (χ4v) is 2.71. The van der Waals surface area contributed by atoms with E-state index < -0.39 is 0 Å². The first-order valence-corrected chi connectivity index (χ1v) is 6.97. The third-order valence-corrected chi connectivity index (χ3v) is 4.14. The number of aromatic nitrogens is 1. The van der Waals surface area contributed by atoms with Gasteiger partial charge in [0.05, 0.1) is 12.1 Å². The standard InChI is InChI=1S/C15H17NOS/c1-4-12-5-7-13(8-6-12)14(17)9-15-16-10(2)11(3)18-15/h5-8H,4,9H2,1-3H3. The molecule has 0 N–H and O–H groups in total. The van der Waals surface area contributed by atoms with Crippen molar-refractivity contribution in [3.63, 3.8) is 0 Å². The van der Waals surface area contributed by atoms with Crippen LogP contribution in [0.1, 0.15) is 38.4 Å². The highest BCUT2D eigenvalue weighted by atomic mass is 32.1. The van der Waals surface area contributed by atoms with Crippen LogP contribution in [0, 0.1) is 13.8 Å². The highest BCUT2D eigenvalue weighted by Gasteiger charge is 2.11. The molecule has 1 heterocycles. The third-order valence-electron chi connectivity index (χ3n) is 3.07. The summed E-state index contributed by atoms with van der Waals surface area (Å²) in [6, 6.07) is 7.86. The maximum Gasteiger partial charge on any atom is 0.169 e. The summed E-state index contributed by atoms with van der Waals surface area (Å²) in [4.78, 5) is 17.7. The summed E-state index contributed by atoms with van der Waals surface area (Å²) in [6.45, 7) is 6.13. The van der Waals surface area contributed by atoms with E-state index in [1.54, 1.807) is 11.3 Å². The van der Waals surface area contributed by atoms with E-state index in [0.29, 0.717) is 6.42 Å². The highest BCUT2D eigenvalue weighted by Crippen LogP contribution is 2.18. The van der Waals surface area contributed by atoms with Gasteiger partial charge in [-0.05, 0) is 25.8 Å². The zero-order valence-corrected chi connectivity index (χ0v) is 11.8. The fraction of sp³-hybridized carbons (Fsp3) is 0.333. The number of Topliss-reactive ketones (excluding diaryl/α,β-unsaturated/α-hetero) is 1. The molecule has 2 rings (SSSR count). The number of carbonyl (C=O) groups excluding carboxylic acids is 1. The number of rotatable bonds is 4. The third kappa shape index (κ3) is 2.85. The van der Waals surface area contributed by atoms with Crippen molar-refractivity contribution >= 4 is 17.1 Å². The summed E-state index contributed by atoms with van der Waals surface area (Å²) >= 11 is 1.61. The topological polar surface area (TPSA) is 30.0 Å². The van der Waals surface area contributed by atoms with Gasteiger partial charge in [0.1, 0.15) is 5.01 Å². The lowest BCUT2D eigenvalue weighted by molar-refractivity contribution is 0.0993. The lowest BCUT2D eigenvalue weighted by Crippen LogP contribution is -2.03. The molecule has 3 heteroatoms. The lowest BCUT2D eigenvalue weighted by Gasteiger charge is -2.00. The van der Waals surface area contributed by atoms with Crippen LogP contribution in [-0.2, 0) is 12.8 Å². The Morgan fingerprint density at radius 1 is 1.22 bits per heavy atom. The minimum atomic E-state index is 0.145. The molecule has 1 aromatic heterocycles. The van der Waals surface area contributed by atoms with Crippen LogP contribution in [0.15, 0.2) is 24.3 Å². The molecule has 2 aromatic rings. The predicted molar refractivity (Wildman–Crippen MR) is 75.4 cm³/mol. The van der Waals surface area contributed by atoms with E-state index in [-0.39, 0.29) is 5.78 Å². The SMILES string of the molecule is CCc1ccc(C(=O)Cc2nc(C)c(C)s2)cc1. The van der Waals surface area contributed by atoms with Crippen molar-refractivity contribution in [2.45, 2.75) is 33.6 Å². The Labute approximate surface area is 112 Å². The summed E-state index contributed by atoms with van der Waals surface area (Å²) < 4.78 is 0. The molecule has 0 atom stereocenters. The number of hydrogen-bond acceptors (Lipinski definition) is 3. The van der Waals surface area contributed by atoms with Crippen molar-refractivity contribution in [3.05, 3.63) is 51.0 Å². The summed E-state index contributed by atoms with van der Waals surface area (Å²) in [5, 5.41) is 0.912. The number of ketones is 1. The normalized spacial score (nSPS) is 10.6. The van der Waals surface area contributed by atoms with Gasteiger partial charge in [-0.25, -0.2) is 4.98 Å². The smallest absolute Gasteiger partial charge is 0.169 e. The largest absolute Gasteiger partial charge is 0.294 e. The maximum absolute atomic E-state index is 12.1. The molecule has 0 spiro atoms. The molecule has 2 nitrogen and oxygen atoms in total. The number of aryl methyl sites for hydroxylation is 3. The minimum absolute atomic E-state index is 0.145. The molecule has 94 valence electrons. The van der Waals surface area contributed by atoms with Crippen molar-refractivity contribution in [2.75, 3.05) is 0 Å². The van der Waals surface area contributed by atoms with Gasteiger partial charge < -0.3 is 0 Å². The van der Waals surface area contributed by atoms with Gasteiger partial charge in [0.25, 0.3) is 0 Å². The zero-order valence-electron chi connectivity index (χ0n) is 11.0. The Bertz CT molecular complexity index is 535. The zero-order chi connectivity index (χ0) is 13.1. The van der Waals surface area contributed by atoms with E-state index in [9.17, 15) is 4.79 Å². The highest BCUT2D eigenvalue weighted by molar-refractivity contribution is 7.11. The van der Waals surface area contributed by atoms with Gasteiger partial charge in [-0.2, -0.15) is 0 Å². The van der Waals surface area contributed by atoms with E-state index in [2.05, 4.69) is 11.9 Å². The molecular weight excluding hydrogens is 242 g/mol. The van der Waals surface area contributed by atoms with E-state index in [4.69, 9.17) is 0 Å². The van der Waals surface area contributed by atoms with Crippen LogP contribution in [0.3, 0.4) is 0 Å². The van der Waals surface area contributed by atoms with Gasteiger partial charge in [-0.3, -0.25) is 4.79 Å². The molecule has 0 amide bonds. The second kappa shape index (κ2) is 5.44. The molecule has 0 aliphatic carbocycles. The number of nitrogens with zero attached hydrogens (tertiary/aromatic N) is 1. The Morgan fingerprint density at radius 3 is 2.39 bits per heavy atom. The Kier molecular flexibility index (Phi) is 3.92. The van der Waals surface area contributed by atoms with Gasteiger partial charge in [0, 0.05) is 10.4 Å². The van der Waals surface area contributed by atoms with Crippen molar-refractivity contribution in [2.24, 2.45) is 0 Å². The summed E-state index contributed by atoms with van der Waals surface area (Å²) in [5.41, 5.74) is 3.06. The van der Waals surface area contributed by atoms with Crippen LogP contribution in [0.2, 0.25) is 0 Å². The molecule has 18 heavy (non-hydrogen) atoms. The van der Waals surface area contributed by atoms with Gasteiger partial charge in [-0.1, -0.05) is 31.2 Å². The first-order valence-electron chi connectivity index (χ1n) is 6.15. The summed E-state index contributed by atoms with van der Waals surface area (Å²) in [6.07, 6.45) is 1.41. The van der Waals surface area contributed by atoms with Crippen LogP contribution < -0.4 is 0 Å². The van der Waals surface area contributed by atoms with Crippen molar-refractivity contribution in [1.29, 1.82) is 0 Å². The van der Waals surface area contributed by atoms with Crippen LogP contribution in [0.5, 0.6) is 0 Å². The number of hydrogen-bond donors (Lipinski definition) is 0. The van der Waals surface area contributed by atoms with Crippen LogP contribution >= 0.6 is 11.3 Å². The number of benzene rings is 1. The molecule has 0 unspecified atom stereocenters. The van der Waals surface area contributed by atoms with Gasteiger partial charge >= 0.3 is 0 Å². The molecule has 0 radical (unpaired) electrons. The first kappa shape index (κ1) is 13.0. The van der Waals surface area contributed by atoms with E-state index in [1.807, 2.05) is 38.1 Å². The lowest BCUT2D eigenvalue weighted by atomic mass is 10.1. The van der Waals surface area contributed by atoms with Crippen molar-refractivity contribution < 1.29 is 4.79 Å². The monoisotopic (exact) mass is 259 g/mol. The molecule has 0 saturated heterocycles. The summed E-state index contributed by atoms with van der Waals surface area (Å²) in [7, 11) is 0. The van der Waals surface area contributed by atoms with Crippen LogP contribution in [0.4, 0.5) is 0 Å². The molecule has 0 aliphatic rings. The van der Waals surface area contributed by atoms with Gasteiger partial charge in [0.2, 0.25) is 0 Å². The second-order valence-electron chi connectivity index (χ2n) is 4.40. The van der Waals surface area contributed by atoms with E-state index in [1.165, 1.54) is 10.4 Å². The van der Waals surface area contributed by atoms with Gasteiger partial charge in [-0.15, -0.1) is 11.3 Å². The van der Waals surface area contributed by atoms with E-state index in [0.717, 1.165) is 22.7 Å². The fourth-order valence-electron chi connectivity index (χ4n) is 1.78. The van der Waals surface area contributed by atoms with Gasteiger partial charge in [0.15, 0.2) is 5.78 Å². The average molecular weight is 259 g/mol. The van der Waals surface area contributed by atoms with Crippen LogP contribution in [0.25, 0.3) is 0 Å². The molecule has 0 fully saturated rings. The Morgan fingerprint density at radius 2 is 1.89 bits per heavy atom. The molecule has 0 bridgehead atoms. The Balaban J connectivity index is 2.11. The molecule has 0 saturated carbocycles. The minimum Gasteiger partial charge on any atom is -0.294 e. The maximum atomic E-state index is 12.1. The average Bonchev–Trinajstić information content (AvgIpc) is 2.68. The van der Waals surface area contributed by atoms with Crippen molar-refractivity contribution in [3.8, 4) is 0 Å². The molecular formula is C15H17NOS. The number of thiazole rings is 1.